The van der Waals surface area contributed by atoms with E-state index in [1.54, 1.807) is 0 Å². The van der Waals surface area contributed by atoms with E-state index in [0.29, 0.717) is 5.82 Å². The highest BCUT2D eigenvalue weighted by molar-refractivity contribution is 5.57. The van der Waals surface area contributed by atoms with E-state index in [9.17, 15) is 5.11 Å². The van der Waals surface area contributed by atoms with E-state index in [1.165, 1.54) is 12.8 Å². The third-order valence-electron chi connectivity index (χ3n) is 3.88. The van der Waals surface area contributed by atoms with Gasteiger partial charge in [0.2, 0.25) is 0 Å². The number of nitrogens with zero attached hydrogens (tertiary/aromatic N) is 3. The lowest BCUT2D eigenvalue weighted by Gasteiger charge is -2.31. The first-order valence-corrected chi connectivity index (χ1v) is 7.17. The predicted molar refractivity (Wildman–Crippen MR) is 77.2 cm³/mol. The number of nitrogen functional groups attached to an aromatic ring is 1. The molecule has 0 bridgehead atoms. The largest absolute Gasteiger partial charge is 0.394 e. The molecule has 0 aliphatic carbocycles. The highest BCUT2D eigenvalue weighted by atomic mass is 16.3. The zero-order valence-electron chi connectivity index (χ0n) is 11.9. The Morgan fingerprint density at radius 1 is 1.32 bits per heavy atom. The van der Waals surface area contributed by atoms with Crippen LogP contribution in [0.1, 0.15) is 44.0 Å². The molecule has 0 spiro atoms. The fraction of sp³-hybridized carbons (Fsp3) is 0.714. The molecule has 3 N–H and O–H groups in total. The maximum Gasteiger partial charge on any atom is 0.137 e. The van der Waals surface area contributed by atoms with Crippen molar-refractivity contribution in [1.29, 1.82) is 0 Å². The minimum atomic E-state index is 0.153. The number of aliphatic hydroxyl groups excluding tert-OH is 1. The Labute approximate surface area is 114 Å². The van der Waals surface area contributed by atoms with Crippen LogP contribution in [0.2, 0.25) is 0 Å². The van der Waals surface area contributed by atoms with Gasteiger partial charge in [-0.05, 0) is 19.8 Å². The number of hydrogen-bond donors (Lipinski definition) is 2. The molecule has 1 unspecified atom stereocenters. The molecule has 0 radical (unpaired) electrons. The van der Waals surface area contributed by atoms with Gasteiger partial charge in [0.05, 0.1) is 12.6 Å². The van der Waals surface area contributed by atoms with Gasteiger partial charge >= 0.3 is 0 Å². The average molecular weight is 264 g/mol. The van der Waals surface area contributed by atoms with Crippen LogP contribution in [0.4, 0.5) is 11.6 Å². The van der Waals surface area contributed by atoms with Gasteiger partial charge in [0.15, 0.2) is 0 Å². The number of nitrogens with two attached hydrogens (primary N) is 1. The van der Waals surface area contributed by atoms with Gasteiger partial charge < -0.3 is 15.7 Å². The lowest BCUT2D eigenvalue weighted by atomic mass is 10.1. The molecular formula is C14H24N4O. The van der Waals surface area contributed by atoms with Gasteiger partial charge in [-0.3, -0.25) is 0 Å². The topological polar surface area (TPSA) is 75.3 Å². The van der Waals surface area contributed by atoms with Crippen molar-refractivity contribution in [1.82, 2.24) is 9.97 Å². The monoisotopic (exact) mass is 264 g/mol. The van der Waals surface area contributed by atoms with Crippen molar-refractivity contribution in [3.05, 3.63) is 11.4 Å². The second-order valence-electron chi connectivity index (χ2n) is 5.21. The summed E-state index contributed by atoms with van der Waals surface area (Å²) in [5.74, 6) is 2.24. The normalized spacial score (nSPS) is 20.4. The number of rotatable bonds is 3. The maximum atomic E-state index is 9.62. The summed E-state index contributed by atoms with van der Waals surface area (Å²) in [5.41, 5.74) is 6.92. The lowest BCUT2D eigenvalue weighted by molar-refractivity contribution is 0.254. The Balaban J connectivity index is 2.39. The summed E-state index contributed by atoms with van der Waals surface area (Å²) in [6.45, 7) is 5.10. The first-order valence-electron chi connectivity index (χ1n) is 7.17. The maximum absolute atomic E-state index is 9.62. The van der Waals surface area contributed by atoms with Crippen LogP contribution in [0.25, 0.3) is 0 Å². The Morgan fingerprint density at radius 2 is 2.11 bits per heavy atom. The summed E-state index contributed by atoms with van der Waals surface area (Å²) >= 11 is 0. The van der Waals surface area contributed by atoms with E-state index in [4.69, 9.17) is 5.73 Å². The fourth-order valence-corrected chi connectivity index (χ4v) is 2.65. The minimum Gasteiger partial charge on any atom is -0.394 e. The molecule has 1 fully saturated rings. The molecule has 0 saturated carbocycles. The van der Waals surface area contributed by atoms with E-state index < -0.39 is 0 Å². The number of anilines is 2. The van der Waals surface area contributed by atoms with E-state index >= 15 is 0 Å². The van der Waals surface area contributed by atoms with Gasteiger partial charge in [-0.15, -0.1) is 0 Å². The SMILES string of the molecule is CCc1nc(N)c(C)c(N2CCCCCC2CO)n1. The Kier molecular flexibility index (Phi) is 4.58. The lowest BCUT2D eigenvalue weighted by Crippen LogP contribution is -2.39. The van der Waals surface area contributed by atoms with Crippen molar-refractivity contribution >= 4 is 11.6 Å². The van der Waals surface area contributed by atoms with E-state index in [0.717, 1.165) is 43.0 Å². The van der Waals surface area contributed by atoms with Crippen LogP contribution >= 0.6 is 0 Å². The van der Waals surface area contributed by atoms with Crippen molar-refractivity contribution in [2.24, 2.45) is 0 Å². The quantitative estimate of drug-likeness (QED) is 0.868. The average Bonchev–Trinajstić information content (AvgIpc) is 2.66. The molecule has 1 aliphatic rings. The van der Waals surface area contributed by atoms with Gasteiger partial charge in [-0.1, -0.05) is 19.8 Å². The van der Waals surface area contributed by atoms with Crippen molar-refractivity contribution in [2.75, 3.05) is 23.8 Å². The molecule has 1 aliphatic heterocycles. The van der Waals surface area contributed by atoms with Crippen molar-refractivity contribution in [2.45, 2.75) is 52.0 Å². The van der Waals surface area contributed by atoms with Crippen LogP contribution in [-0.2, 0) is 6.42 Å². The van der Waals surface area contributed by atoms with Crippen LogP contribution in [-0.4, -0.2) is 34.3 Å². The number of aliphatic hydroxyl groups is 1. The van der Waals surface area contributed by atoms with Crippen LogP contribution in [0.5, 0.6) is 0 Å². The predicted octanol–water partition coefficient (Wildman–Crippen LogP) is 1.67. The highest BCUT2D eigenvalue weighted by Gasteiger charge is 2.24. The second kappa shape index (κ2) is 6.19. The van der Waals surface area contributed by atoms with E-state index in [2.05, 4.69) is 14.9 Å². The molecule has 106 valence electrons. The summed E-state index contributed by atoms with van der Waals surface area (Å²) in [7, 11) is 0. The number of aromatic nitrogens is 2. The zero-order chi connectivity index (χ0) is 13.8. The summed E-state index contributed by atoms with van der Waals surface area (Å²) in [4.78, 5) is 11.2. The smallest absolute Gasteiger partial charge is 0.137 e. The first-order chi connectivity index (χ1) is 9.17. The highest BCUT2D eigenvalue weighted by Crippen LogP contribution is 2.27. The van der Waals surface area contributed by atoms with Gasteiger partial charge in [0.1, 0.15) is 17.5 Å². The van der Waals surface area contributed by atoms with Crippen molar-refractivity contribution in [3.63, 3.8) is 0 Å². The Bertz CT molecular complexity index is 436. The number of aryl methyl sites for hydroxylation is 1. The molecule has 5 heteroatoms. The van der Waals surface area contributed by atoms with Gasteiger partial charge in [0, 0.05) is 18.5 Å². The van der Waals surface area contributed by atoms with Gasteiger partial charge in [-0.2, -0.15) is 0 Å². The molecule has 1 aromatic heterocycles. The standard InChI is InChI=1S/C14H24N4O/c1-3-12-16-13(15)10(2)14(17-12)18-8-6-4-5-7-11(18)9-19/h11,19H,3-9H2,1-2H3,(H2,15,16,17). The molecule has 1 aromatic rings. The van der Waals surface area contributed by atoms with E-state index in [-0.39, 0.29) is 12.6 Å². The number of hydrogen-bond acceptors (Lipinski definition) is 5. The molecule has 5 nitrogen and oxygen atoms in total. The van der Waals surface area contributed by atoms with Crippen LogP contribution < -0.4 is 10.6 Å². The third kappa shape index (κ3) is 2.97. The molecule has 1 saturated heterocycles. The molecule has 19 heavy (non-hydrogen) atoms. The third-order valence-corrected chi connectivity index (χ3v) is 3.88. The first kappa shape index (κ1) is 14.1. The zero-order valence-corrected chi connectivity index (χ0v) is 11.9. The molecule has 0 amide bonds. The Hall–Kier alpha value is -1.36. The van der Waals surface area contributed by atoms with Crippen molar-refractivity contribution < 1.29 is 5.11 Å². The molecule has 1 atom stereocenters. The Morgan fingerprint density at radius 3 is 2.79 bits per heavy atom. The molecule has 2 heterocycles. The summed E-state index contributed by atoms with van der Waals surface area (Å²) in [6, 6.07) is 0.153. The van der Waals surface area contributed by atoms with E-state index in [1.807, 2.05) is 13.8 Å². The van der Waals surface area contributed by atoms with Crippen LogP contribution in [0.3, 0.4) is 0 Å². The van der Waals surface area contributed by atoms with Gasteiger partial charge in [0.25, 0.3) is 0 Å². The molecule has 0 aromatic carbocycles. The van der Waals surface area contributed by atoms with Gasteiger partial charge in [-0.25, -0.2) is 9.97 Å². The second-order valence-corrected chi connectivity index (χ2v) is 5.21. The molecular weight excluding hydrogens is 240 g/mol. The molecule has 2 rings (SSSR count). The minimum absolute atomic E-state index is 0.153. The van der Waals surface area contributed by atoms with Crippen LogP contribution in [0, 0.1) is 6.92 Å². The summed E-state index contributed by atoms with van der Waals surface area (Å²) in [5, 5.41) is 9.62. The summed E-state index contributed by atoms with van der Waals surface area (Å²) < 4.78 is 0. The van der Waals surface area contributed by atoms with Crippen LogP contribution in [0.15, 0.2) is 0 Å². The van der Waals surface area contributed by atoms with Crippen molar-refractivity contribution in [3.8, 4) is 0 Å². The fourth-order valence-electron chi connectivity index (χ4n) is 2.65. The summed E-state index contributed by atoms with van der Waals surface area (Å²) in [6.07, 6.45) is 5.31.